The van der Waals surface area contributed by atoms with E-state index >= 15 is 0 Å². The molecule has 0 heterocycles. The van der Waals surface area contributed by atoms with Crippen LogP contribution < -0.4 is 5.14 Å². The zero-order valence-electron chi connectivity index (χ0n) is 13.6. The first-order valence-corrected chi connectivity index (χ1v) is 10.4. The van der Waals surface area contributed by atoms with Crippen LogP contribution in [-0.4, -0.2) is 32.7 Å². The van der Waals surface area contributed by atoms with Gasteiger partial charge in [0.15, 0.2) is 0 Å². The number of benzene rings is 2. The molecule has 0 spiro atoms. The Morgan fingerprint density at radius 3 is 2.25 bits per heavy atom. The molecule has 2 N–H and O–H groups in total. The number of nitrogens with zero attached hydrogens (tertiary/aromatic N) is 1. The van der Waals surface area contributed by atoms with Crippen LogP contribution in [0, 0.1) is 0 Å². The van der Waals surface area contributed by atoms with E-state index in [1.807, 2.05) is 36.4 Å². The van der Waals surface area contributed by atoms with Crippen molar-refractivity contribution in [2.45, 2.75) is 22.8 Å². The molecule has 4 nitrogen and oxygen atoms in total. The highest BCUT2D eigenvalue weighted by atomic mass is 35.5. The molecular formula is C17H21ClN2O2S2. The van der Waals surface area contributed by atoms with Gasteiger partial charge in [-0.25, -0.2) is 13.6 Å². The van der Waals surface area contributed by atoms with E-state index in [1.54, 1.807) is 23.9 Å². The SMILES string of the molecule is CC(c1ccc(S(N)(=O)=O)cc1)N(C)CCSc1ccc(Cl)cc1. The van der Waals surface area contributed by atoms with Crippen LogP contribution >= 0.6 is 23.4 Å². The van der Waals surface area contributed by atoms with Gasteiger partial charge in [-0.2, -0.15) is 0 Å². The summed E-state index contributed by atoms with van der Waals surface area (Å²) in [4.78, 5) is 3.56. The summed E-state index contributed by atoms with van der Waals surface area (Å²) >= 11 is 7.66. The van der Waals surface area contributed by atoms with Gasteiger partial charge in [0.05, 0.1) is 4.90 Å². The van der Waals surface area contributed by atoms with Gasteiger partial charge in [-0.05, 0) is 55.9 Å². The maximum Gasteiger partial charge on any atom is 0.238 e. The average Bonchev–Trinajstić information content (AvgIpc) is 2.55. The maximum absolute atomic E-state index is 11.3. The molecule has 0 aromatic heterocycles. The van der Waals surface area contributed by atoms with Crippen LogP contribution in [0.1, 0.15) is 18.5 Å². The summed E-state index contributed by atoms with van der Waals surface area (Å²) in [6, 6.07) is 14.7. The highest BCUT2D eigenvalue weighted by Crippen LogP contribution is 2.23. The summed E-state index contributed by atoms with van der Waals surface area (Å²) in [6.07, 6.45) is 0. The van der Waals surface area contributed by atoms with Crippen LogP contribution in [0.3, 0.4) is 0 Å². The van der Waals surface area contributed by atoms with Gasteiger partial charge in [-0.3, -0.25) is 4.90 Å². The fourth-order valence-electron chi connectivity index (χ4n) is 2.22. The van der Waals surface area contributed by atoms with Crippen molar-refractivity contribution < 1.29 is 8.42 Å². The van der Waals surface area contributed by atoms with Gasteiger partial charge in [0.2, 0.25) is 10.0 Å². The Bertz CT molecular complexity index is 762. The molecule has 24 heavy (non-hydrogen) atoms. The fraction of sp³-hybridized carbons (Fsp3) is 0.294. The van der Waals surface area contributed by atoms with Crippen molar-refractivity contribution in [1.29, 1.82) is 0 Å². The maximum atomic E-state index is 11.3. The zero-order valence-corrected chi connectivity index (χ0v) is 16.0. The van der Waals surface area contributed by atoms with Crippen LogP contribution in [0.4, 0.5) is 0 Å². The Morgan fingerprint density at radius 2 is 1.71 bits per heavy atom. The van der Waals surface area contributed by atoms with Crippen molar-refractivity contribution in [3.05, 3.63) is 59.1 Å². The molecule has 1 unspecified atom stereocenters. The van der Waals surface area contributed by atoms with Crippen LogP contribution in [0.15, 0.2) is 58.3 Å². The first-order valence-electron chi connectivity index (χ1n) is 7.49. The van der Waals surface area contributed by atoms with Gasteiger partial charge in [-0.1, -0.05) is 23.7 Å². The van der Waals surface area contributed by atoms with Crippen LogP contribution in [0.5, 0.6) is 0 Å². The minimum absolute atomic E-state index is 0.138. The number of halogens is 1. The number of rotatable bonds is 7. The molecule has 0 aliphatic rings. The molecule has 0 bridgehead atoms. The number of thioether (sulfide) groups is 1. The van der Waals surface area contributed by atoms with Crippen LogP contribution in [0.2, 0.25) is 5.02 Å². The summed E-state index contributed by atoms with van der Waals surface area (Å²) in [5.74, 6) is 0.956. The Balaban J connectivity index is 1.89. The van der Waals surface area contributed by atoms with Gasteiger partial charge in [0.25, 0.3) is 0 Å². The third-order valence-electron chi connectivity index (χ3n) is 3.88. The fourth-order valence-corrected chi connectivity index (χ4v) is 3.81. The Kier molecular flexibility index (Phi) is 6.71. The molecular weight excluding hydrogens is 364 g/mol. The number of hydrogen-bond donors (Lipinski definition) is 1. The molecule has 0 fully saturated rings. The van der Waals surface area contributed by atoms with Gasteiger partial charge >= 0.3 is 0 Å². The number of primary sulfonamides is 1. The summed E-state index contributed by atoms with van der Waals surface area (Å²) in [5, 5.41) is 5.87. The molecule has 130 valence electrons. The zero-order chi connectivity index (χ0) is 17.7. The summed E-state index contributed by atoms with van der Waals surface area (Å²) in [6.45, 7) is 3.00. The highest BCUT2D eigenvalue weighted by molar-refractivity contribution is 7.99. The molecule has 2 rings (SSSR count). The average molecular weight is 385 g/mol. The van der Waals surface area contributed by atoms with E-state index in [0.29, 0.717) is 0 Å². The van der Waals surface area contributed by atoms with Crippen molar-refractivity contribution in [3.63, 3.8) is 0 Å². The predicted octanol–water partition coefficient (Wildman–Crippen LogP) is 3.77. The summed E-state index contributed by atoms with van der Waals surface area (Å²) in [5.41, 5.74) is 1.06. The van der Waals surface area contributed by atoms with Crippen molar-refractivity contribution in [2.75, 3.05) is 19.3 Å². The molecule has 0 aliphatic carbocycles. The lowest BCUT2D eigenvalue weighted by atomic mass is 10.1. The van der Waals surface area contributed by atoms with Crippen LogP contribution in [-0.2, 0) is 10.0 Å². The largest absolute Gasteiger partial charge is 0.299 e. The Hall–Kier alpha value is -1.05. The minimum atomic E-state index is -3.64. The van der Waals surface area contributed by atoms with Crippen molar-refractivity contribution in [2.24, 2.45) is 5.14 Å². The summed E-state index contributed by atoms with van der Waals surface area (Å²) < 4.78 is 22.6. The second-order valence-electron chi connectivity index (χ2n) is 5.57. The van der Waals surface area contributed by atoms with E-state index in [1.165, 1.54) is 4.90 Å². The lowest BCUT2D eigenvalue weighted by molar-refractivity contribution is 0.278. The summed E-state index contributed by atoms with van der Waals surface area (Å²) in [7, 11) is -1.58. The first kappa shape index (κ1) is 19.3. The van der Waals surface area contributed by atoms with E-state index in [9.17, 15) is 8.42 Å². The van der Waals surface area contributed by atoms with Gasteiger partial charge < -0.3 is 0 Å². The second kappa shape index (κ2) is 8.36. The molecule has 2 aromatic carbocycles. The first-order chi connectivity index (χ1) is 11.3. The van der Waals surface area contributed by atoms with Gasteiger partial charge in [0.1, 0.15) is 0 Å². The molecule has 0 radical (unpaired) electrons. The molecule has 0 amide bonds. The van der Waals surface area contributed by atoms with E-state index in [0.717, 1.165) is 22.9 Å². The molecule has 7 heteroatoms. The van der Waals surface area contributed by atoms with E-state index in [4.69, 9.17) is 16.7 Å². The standard InChI is InChI=1S/C17H21ClN2O2S2/c1-13(14-3-9-17(10-4-14)24(19,21)22)20(2)11-12-23-16-7-5-15(18)6-8-16/h3-10,13H,11-12H2,1-2H3,(H2,19,21,22). The lowest BCUT2D eigenvalue weighted by Crippen LogP contribution is -2.25. The van der Waals surface area contributed by atoms with Crippen LogP contribution in [0.25, 0.3) is 0 Å². The smallest absolute Gasteiger partial charge is 0.238 e. The third kappa shape index (κ3) is 5.50. The number of nitrogens with two attached hydrogens (primary N) is 1. The number of hydrogen-bond acceptors (Lipinski definition) is 4. The van der Waals surface area contributed by atoms with E-state index in [2.05, 4.69) is 18.9 Å². The Morgan fingerprint density at radius 1 is 1.12 bits per heavy atom. The molecule has 2 aromatic rings. The topological polar surface area (TPSA) is 63.4 Å². The van der Waals surface area contributed by atoms with E-state index in [-0.39, 0.29) is 10.9 Å². The predicted molar refractivity (Wildman–Crippen MR) is 101 cm³/mol. The van der Waals surface area contributed by atoms with Gasteiger partial charge in [-0.15, -0.1) is 11.8 Å². The van der Waals surface area contributed by atoms with E-state index < -0.39 is 10.0 Å². The van der Waals surface area contributed by atoms with Crippen molar-refractivity contribution in [3.8, 4) is 0 Å². The highest BCUT2D eigenvalue weighted by Gasteiger charge is 2.13. The monoisotopic (exact) mass is 384 g/mol. The third-order valence-corrected chi connectivity index (χ3v) is 6.05. The van der Waals surface area contributed by atoms with Crippen molar-refractivity contribution >= 4 is 33.4 Å². The molecule has 0 aliphatic heterocycles. The van der Waals surface area contributed by atoms with Crippen molar-refractivity contribution in [1.82, 2.24) is 4.90 Å². The lowest BCUT2D eigenvalue weighted by Gasteiger charge is -2.25. The minimum Gasteiger partial charge on any atom is -0.299 e. The normalized spacial score (nSPS) is 13.2. The molecule has 1 atom stereocenters. The van der Waals surface area contributed by atoms with Gasteiger partial charge in [0, 0.05) is 28.3 Å². The quantitative estimate of drug-likeness (QED) is 0.738. The molecule has 0 saturated heterocycles. The second-order valence-corrected chi connectivity index (χ2v) is 8.74. The Labute approximate surface area is 153 Å². The molecule has 0 saturated carbocycles. The number of sulfonamides is 1.